The average molecular weight is 423 g/mol. The monoisotopic (exact) mass is 423 g/mol. The smallest absolute Gasteiger partial charge is 0.287 e. The number of carbonyl (C=O) groups is 3. The van der Waals surface area contributed by atoms with Crippen LogP contribution < -0.4 is 14.8 Å². The van der Waals surface area contributed by atoms with Gasteiger partial charge in [0.05, 0.1) is 23.7 Å². The van der Waals surface area contributed by atoms with Gasteiger partial charge in [-0.1, -0.05) is 12.1 Å². The van der Waals surface area contributed by atoms with Gasteiger partial charge in [-0.25, -0.2) is 0 Å². The molecule has 9 heteroatoms. The van der Waals surface area contributed by atoms with Crippen LogP contribution in [0.25, 0.3) is 0 Å². The molecular weight excluding hydrogens is 406 g/mol. The Hall–Kier alpha value is -3.51. The lowest BCUT2D eigenvalue weighted by atomic mass is 10.1. The van der Waals surface area contributed by atoms with Gasteiger partial charge in [-0.05, 0) is 35.9 Å². The summed E-state index contributed by atoms with van der Waals surface area (Å²) in [6.45, 7) is 0.728. The number of rotatable bonds is 6. The molecule has 4 rings (SSSR count). The van der Waals surface area contributed by atoms with Crippen molar-refractivity contribution in [1.29, 1.82) is 5.26 Å². The Bertz CT molecular complexity index is 1050. The van der Waals surface area contributed by atoms with Crippen LogP contribution in [-0.2, 0) is 11.2 Å². The van der Waals surface area contributed by atoms with Crippen LogP contribution in [0.15, 0.2) is 42.5 Å². The van der Waals surface area contributed by atoms with E-state index in [1.165, 1.54) is 11.0 Å². The van der Waals surface area contributed by atoms with Crippen molar-refractivity contribution in [3.63, 3.8) is 0 Å². The van der Waals surface area contributed by atoms with Gasteiger partial charge < -0.3 is 19.7 Å². The molecule has 2 aromatic carbocycles. The Kier molecular flexibility index (Phi) is 5.59. The van der Waals surface area contributed by atoms with Crippen molar-refractivity contribution in [1.82, 2.24) is 10.2 Å². The molecule has 0 radical (unpaired) electrons. The number of hydrogen-bond donors (Lipinski definition) is 1. The highest BCUT2D eigenvalue weighted by atomic mass is 32.2. The van der Waals surface area contributed by atoms with Crippen LogP contribution >= 0.6 is 11.8 Å². The van der Waals surface area contributed by atoms with Gasteiger partial charge in [0.15, 0.2) is 6.73 Å². The molecule has 0 aromatic heterocycles. The Morgan fingerprint density at radius 2 is 2.00 bits per heavy atom. The van der Waals surface area contributed by atoms with Crippen molar-refractivity contribution < 1.29 is 23.9 Å². The molecule has 152 valence electrons. The first kappa shape index (κ1) is 19.8. The first-order valence-electron chi connectivity index (χ1n) is 9.23. The predicted octanol–water partition coefficient (Wildman–Crippen LogP) is 2.32. The van der Waals surface area contributed by atoms with Crippen LogP contribution in [-0.4, -0.2) is 47.1 Å². The lowest BCUT2D eigenvalue weighted by Gasteiger charge is -2.28. The van der Waals surface area contributed by atoms with Gasteiger partial charge in [0.1, 0.15) is 24.1 Å². The molecule has 2 heterocycles. The van der Waals surface area contributed by atoms with E-state index >= 15 is 0 Å². The highest BCUT2D eigenvalue weighted by molar-refractivity contribution is 8.26. The number of hydrogen-bond acceptors (Lipinski definition) is 7. The van der Waals surface area contributed by atoms with Crippen molar-refractivity contribution in [3.8, 4) is 17.6 Å². The van der Waals surface area contributed by atoms with Gasteiger partial charge >= 0.3 is 0 Å². The number of amides is 2. The minimum Gasteiger partial charge on any atom is -0.492 e. The molecule has 0 saturated carbocycles. The number of nitriles is 1. The van der Waals surface area contributed by atoms with Crippen LogP contribution in [0.5, 0.6) is 11.5 Å². The fourth-order valence-corrected chi connectivity index (χ4v) is 3.86. The molecule has 30 heavy (non-hydrogen) atoms. The zero-order valence-corrected chi connectivity index (χ0v) is 16.6. The molecule has 2 amide bonds. The maximum atomic E-state index is 12.6. The maximum absolute atomic E-state index is 12.6. The zero-order chi connectivity index (χ0) is 21.1. The van der Waals surface area contributed by atoms with E-state index in [1.807, 2.05) is 18.2 Å². The summed E-state index contributed by atoms with van der Waals surface area (Å²) in [5.41, 5.74) is 1.69. The number of benzene rings is 2. The molecule has 1 N–H and O–H groups in total. The summed E-state index contributed by atoms with van der Waals surface area (Å²) >= 11 is 0.702. The summed E-state index contributed by atoms with van der Waals surface area (Å²) in [6, 6.07) is 13.5. The number of fused-ring (bicyclic) bond motifs is 1. The second kappa shape index (κ2) is 8.47. The van der Waals surface area contributed by atoms with Crippen LogP contribution in [0.3, 0.4) is 0 Å². The number of nitrogens with one attached hydrogen (secondary N) is 1. The first-order chi connectivity index (χ1) is 14.5. The van der Waals surface area contributed by atoms with E-state index in [0.29, 0.717) is 47.4 Å². The molecule has 1 atom stereocenters. The summed E-state index contributed by atoms with van der Waals surface area (Å²) in [7, 11) is 0. The third kappa shape index (κ3) is 4.23. The topological polar surface area (TPSA) is 109 Å². The summed E-state index contributed by atoms with van der Waals surface area (Å²) in [5, 5.41) is 11.2. The van der Waals surface area contributed by atoms with Gasteiger partial charge in [0, 0.05) is 18.2 Å². The number of carbonyl (C=O) groups excluding carboxylic acids is 3. The summed E-state index contributed by atoms with van der Waals surface area (Å²) in [4.78, 5) is 37.0. The standard InChI is InChI=1S/C21H17N3O5S/c22-11-14-3-6-18-16(9-14)19(25)24(12-29-18)7-8-28-15-4-1-13(2-5-15)10-17-20(26)30-21(27)23-17/h1-6,9,17H,7-8,10,12H2,(H,23,27). The Labute approximate surface area is 176 Å². The van der Waals surface area contributed by atoms with Crippen molar-refractivity contribution in [2.75, 3.05) is 19.9 Å². The predicted molar refractivity (Wildman–Crippen MR) is 108 cm³/mol. The first-order valence-corrected chi connectivity index (χ1v) is 10.1. The summed E-state index contributed by atoms with van der Waals surface area (Å²) < 4.78 is 11.3. The summed E-state index contributed by atoms with van der Waals surface area (Å²) in [5.74, 6) is 0.906. The molecule has 8 nitrogen and oxygen atoms in total. The van der Waals surface area contributed by atoms with Crippen LogP contribution in [0.4, 0.5) is 4.79 Å². The molecule has 0 bridgehead atoms. The molecule has 1 unspecified atom stereocenters. The van der Waals surface area contributed by atoms with Gasteiger partial charge in [0.2, 0.25) is 5.12 Å². The van der Waals surface area contributed by atoms with Crippen molar-refractivity contribution >= 4 is 28.0 Å². The fraction of sp³-hybridized carbons (Fsp3) is 0.238. The van der Waals surface area contributed by atoms with E-state index in [9.17, 15) is 14.4 Å². The van der Waals surface area contributed by atoms with E-state index < -0.39 is 6.04 Å². The van der Waals surface area contributed by atoms with E-state index in [2.05, 4.69) is 5.32 Å². The van der Waals surface area contributed by atoms with E-state index in [-0.39, 0.29) is 29.6 Å². The van der Waals surface area contributed by atoms with Crippen LogP contribution in [0, 0.1) is 11.3 Å². The number of thioether (sulfide) groups is 1. The van der Waals surface area contributed by atoms with Gasteiger partial charge in [0.25, 0.3) is 11.1 Å². The van der Waals surface area contributed by atoms with Crippen molar-refractivity contribution in [3.05, 3.63) is 59.2 Å². The quantitative estimate of drug-likeness (QED) is 0.759. The highest BCUT2D eigenvalue weighted by Crippen LogP contribution is 2.26. The average Bonchev–Trinajstić information content (AvgIpc) is 3.07. The van der Waals surface area contributed by atoms with Gasteiger partial charge in [-0.3, -0.25) is 14.4 Å². The maximum Gasteiger partial charge on any atom is 0.287 e. The van der Waals surface area contributed by atoms with Crippen molar-refractivity contribution in [2.24, 2.45) is 0 Å². The molecule has 1 saturated heterocycles. The Morgan fingerprint density at radius 1 is 1.20 bits per heavy atom. The third-order valence-electron chi connectivity index (χ3n) is 4.77. The molecular formula is C21H17N3O5S. The second-order valence-electron chi connectivity index (χ2n) is 6.77. The summed E-state index contributed by atoms with van der Waals surface area (Å²) in [6.07, 6.45) is 0.432. The largest absolute Gasteiger partial charge is 0.492 e. The molecule has 2 aliphatic heterocycles. The number of nitrogens with zero attached hydrogens (tertiary/aromatic N) is 2. The molecule has 2 aromatic rings. The third-order valence-corrected chi connectivity index (χ3v) is 5.55. The lowest BCUT2D eigenvalue weighted by molar-refractivity contribution is -0.112. The molecule has 0 spiro atoms. The minimum atomic E-state index is -0.496. The molecule has 0 aliphatic carbocycles. The van der Waals surface area contributed by atoms with Crippen LogP contribution in [0.2, 0.25) is 0 Å². The molecule has 1 fully saturated rings. The van der Waals surface area contributed by atoms with Gasteiger partial charge in [-0.2, -0.15) is 5.26 Å². The number of ether oxygens (including phenoxy) is 2. The zero-order valence-electron chi connectivity index (χ0n) is 15.8. The SMILES string of the molecule is N#Cc1ccc2c(c1)C(=O)N(CCOc1ccc(CC3NC(=O)SC3=O)cc1)CO2. The van der Waals surface area contributed by atoms with E-state index in [0.717, 1.165) is 5.56 Å². The second-order valence-corrected chi connectivity index (χ2v) is 7.74. The molecule has 2 aliphatic rings. The van der Waals surface area contributed by atoms with E-state index in [1.54, 1.807) is 24.3 Å². The minimum absolute atomic E-state index is 0.124. The lowest BCUT2D eigenvalue weighted by Crippen LogP contribution is -2.41. The normalized spacial score (nSPS) is 17.8. The Morgan fingerprint density at radius 3 is 2.70 bits per heavy atom. The Balaban J connectivity index is 1.29. The van der Waals surface area contributed by atoms with Crippen LogP contribution in [0.1, 0.15) is 21.5 Å². The van der Waals surface area contributed by atoms with Crippen molar-refractivity contribution in [2.45, 2.75) is 12.5 Å². The van der Waals surface area contributed by atoms with Gasteiger partial charge in [-0.15, -0.1) is 0 Å². The fourth-order valence-electron chi connectivity index (χ4n) is 3.19. The highest BCUT2D eigenvalue weighted by Gasteiger charge is 2.31. The van der Waals surface area contributed by atoms with E-state index in [4.69, 9.17) is 14.7 Å².